The van der Waals surface area contributed by atoms with Gasteiger partial charge in [-0.1, -0.05) is 12.1 Å². The van der Waals surface area contributed by atoms with E-state index in [0.29, 0.717) is 12.0 Å². The third kappa shape index (κ3) is 2.52. The maximum absolute atomic E-state index is 12.8. The highest BCUT2D eigenvalue weighted by atomic mass is 32.2. The Bertz CT molecular complexity index is 810. The predicted octanol–water partition coefficient (Wildman–Crippen LogP) is 2.21. The van der Waals surface area contributed by atoms with Crippen molar-refractivity contribution >= 4 is 26.6 Å². The summed E-state index contributed by atoms with van der Waals surface area (Å²) >= 11 is 0. The van der Waals surface area contributed by atoms with Crippen LogP contribution in [0.1, 0.15) is 29.6 Å². The third-order valence-corrected chi connectivity index (χ3v) is 6.25. The van der Waals surface area contributed by atoms with Crippen molar-refractivity contribution in [1.29, 1.82) is 0 Å². The van der Waals surface area contributed by atoms with Gasteiger partial charge in [-0.15, -0.1) is 0 Å². The number of nitrogens with zero attached hydrogens (tertiary/aromatic N) is 1. The molecule has 2 atom stereocenters. The zero-order chi connectivity index (χ0) is 15.9. The molecule has 1 aliphatic rings. The van der Waals surface area contributed by atoms with Crippen LogP contribution in [0.3, 0.4) is 0 Å². The Hall–Kier alpha value is -1.82. The lowest BCUT2D eigenvalue weighted by Crippen LogP contribution is -2.44. The summed E-state index contributed by atoms with van der Waals surface area (Å²) in [4.78, 5) is 17.5. The Morgan fingerprint density at radius 3 is 2.77 bits per heavy atom. The molecule has 1 aliphatic carbocycles. The molecule has 3 rings (SSSR count). The molecule has 6 heteroatoms. The van der Waals surface area contributed by atoms with E-state index in [1.807, 2.05) is 18.2 Å². The fourth-order valence-electron chi connectivity index (χ4n) is 3.45. The lowest BCUT2D eigenvalue weighted by Gasteiger charge is -2.29. The van der Waals surface area contributed by atoms with Crippen LogP contribution in [0.15, 0.2) is 30.5 Å². The average Bonchev–Trinajstić information content (AvgIpc) is 3.12. The number of hydrogen-bond donors (Lipinski definition) is 1. The van der Waals surface area contributed by atoms with Crippen LogP contribution < -0.4 is 0 Å². The normalized spacial score (nSPS) is 22.1. The Labute approximate surface area is 130 Å². The number of rotatable bonds is 3. The van der Waals surface area contributed by atoms with Crippen molar-refractivity contribution in [1.82, 2.24) is 9.88 Å². The summed E-state index contributed by atoms with van der Waals surface area (Å²) in [7, 11) is -1.44. The van der Waals surface area contributed by atoms with Crippen molar-refractivity contribution < 1.29 is 13.2 Å². The molecule has 1 heterocycles. The van der Waals surface area contributed by atoms with E-state index in [4.69, 9.17) is 0 Å². The monoisotopic (exact) mass is 320 g/mol. The molecule has 0 aliphatic heterocycles. The number of aromatic amines is 1. The lowest BCUT2D eigenvalue weighted by atomic mass is 10.1. The third-order valence-electron chi connectivity index (χ3n) is 4.60. The van der Waals surface area contributed by atoms with Gasteiger partial charge in [0.15, 0.2) is 9.84 Å². The van der Waals surface area contributed by atoms with Crippen LogP contribution in [0, 0.1) is 0 Å². The maximum atomic E-state index is 12.8. The highest BCUT2D eigenvalue weighted by molar-refractivity contribution is 7.91. The first kappa shape index (κ1) is 15.1. The van der Waals surface area contributed by atoms with Crippen molar-refractivity contribution in [3.63, 3.8) is 0 Å². The predicted molar refractivity (Wildman–Crippen MR) is 86.7 cm³/mol. The molecule has 118 valence electrons. The van der Waals surface area contributed by atoms with E-state index >= 15 is 0 Å². The first-order valence-electron chi connectivity index (χ1n) is 7.41. The Kier molecular flexibility index (Phi) is 3.72. The lowest BCUT2D eigenvalue weighted by molar-refractivity contribution is 0.0739. The SMILES string of the molecule is CN(C(=O)c1cccc2cc[nH]c12)[C@@H]1CCC[C@H]1S(C)(=O)=O. The van der Waals surface area contributed by atoms with Crippen LogP contribution >= 0.6 is 0 Å². The fourth-order valence-corrected chi connectivity index (χ4v) is 4.94. The fraction of sp³-hybridized carbons (Fsp3) is 0.438. The van der Waals surface area contributed by atoms with Crippen LogP contribution in [-0.2, 0) is 9.84 Å². The zero-order valence-corrected chi connectivity index (χ0v) is 13.6. The summed E-state index contributed by atoms with van der Waals surface area (Å²) < 4.78 is 23.9. The topological polar surface area (TPSA) is 70.2 Å². The minimum Gasteiger partial charge on any atom is -0.361 e. The molecular weight excluding hydrogens is 300 g/mol. The number of sulfone groups is 1. The summed E-state index contributed by atoms with van der Waals surface area (Å²) in [5.74, 6) is -0.131. The number of carbonyl (C=O) groups excluding carboxylic acids is 1. The van der Waals surface area contributed by atoms with Crippen LogP contribution in [0.25, 0.3) is 10.9 Å². The molecule has 0 radical (unpaired) electrons. The molecule has 0 bridgehead atoms. The van der Waals surface area contributed by atoms with Gasteiger partial charge in [0.05, 0.1) is 16.3 Å². The van der Waals surface area contributed by atoms with E-state index < -0.39 is 15.1 Å². The maximum Gasteiger partial charge on any atom is 0.256 e. The van der Waals surface area contributed by atoms with Crippen molar-refractivity contribution in [3.8, 4) is 0 Å². The van der Waals surface area contributed by atoms with Crippen molar-refractivity contribution in [2.24, 2.45) is 0 Å². The highest BCUT2D eigenvalue weighted by Crippen LogP contribution is 2.30. The average molecular weight is 320 g/mol. The van der Waals surface area contributed by atoms with Crippen LogP contribution in [0.2, 0.25) is 0 Å². The molecule has 0 spiro atoms. The number of H-pyrrole nitrogens is 1. The van der Waals surface area contributed by atoms with Crippen LogP contribution in [-0.4, -0.2) is 48.8 Å². The molecule has 2 aromatic rings. The van der Waals surface area contributed by atoms with Gasteiger partial charge in [-0.05, 0) is 31.4 Å². The molecule has 0 unspecified atom stereocenters. The van der Waals surface area contributed by atoms with E-state index in [1.54, 1.807) is 24.2 Å². The second-order valence-corrected chi connectivity index (χ2v) is 8.29. The number of fused-ring (bicyclic) bond motifs is 1. The van der Waals surface area contributed by atoms with Gasteiger partial charge in [-0.3, -0.25) is 4.79 Å². The Morgan fingerprint density at radius 1 is 1.27 bits per heavy atom. The van der Waals surface area contributed by atoms with Gasteiger partial charge < -0.3 is 9.88 Å². The highest BCUT2D eigenvalue weighted by Gasteiger charge is 2.39. The molecule has 1 amide bonds. The molecule has 22 heavy (non-hydrogen) atoms. The van der Waals surface area contributed by atoms with Gasteiger partial charge in [0.2, 0.25) is 0 Å². The number of carbonyl (C=O) groups is 1. The van der Waals surface area contributed by atoms with E-state index in [0.717, 1.165) is 23.7 Å². The number of aromatic nitrogens is 1. The molecule has 1 aromatic heterocycles. The quantitative estimate of drug-likeness (QED) is 0.942. The molecule has 5 nitrogen and oxygen atoms in total. The summed E-state index contributed by atoms with van der Waals surface area (Å²) in [6, 6.07) is 7.24. The number of benzene rings is 1. The summed E-state index contributed by atoms with van der Waals surface area (Å²) in [5, 5.41) is 0.523. The van der Waals surface area contributed by atoms with Gasteiger partial charge in [0.1, 0.15) is 0 Å². The second-order valence-electron chi connectivity index (χ2n) is 6.03. The second kappa shape index (κ2) is 5.43. The van der Waals surface area contributed by atoms with Gasteiger partial charge >= 0.3 is 0 Å². The van der Waals surface area contributed by atoms with Crippen LogP contribution in [0.4, 0.5) is 0 Å². The molecule has 1 saturated carbocycles. The van der Waals surface area contributed by atoms with Crippen molar-refractivity contribution in [2.45, 2.75) is 30.6 Å². The minimum atomic E-state index is -3.15. The molecular formula is C16H20N2O3S. The van der Waals surface area contributed by atoms with Gasteiger partial charge in [-0.2, -0.15) is 0 Å². The largest absolute Gasteiger partial charge is 0.361 e. The molecule has 1 fully saturated rings. The van der Waals surface area contributed by atoms with Gasteiger partial charge in [0.25, 0.3) is 5.91 Å². The summed E-state index contributed by atoms with van der Waals surface area (Å²) in [6.45, 7) is 0. The summed E-state index contributed by atoms with van der Waals surface area (Å²) in [5.41, 5.74) is 1.39. The van der Waals surface area contributed by atoms with E-state index in [9.17, 15) is 13.2 Å². The number of nitrogens with one attached hydrogen (secondary N) is 1. The van der Waals surface area contributed by atoms with Crippen molar-refractivity contribution in [3.05, 3.63) is 36.0 Å². The minimum absolute atomic E-state index is 0.131. The van der Waals surface area contributed by atoms with E-state index in [1.165, 1.54) is 6.26 Å². The number of amides is 1. The first-order chi connectivity index (χ1) is 10.4. The summed E-state index contributed by atoms with van der Waals surface area (Å²) in [6.07, 6.45) is 5.28. The standard InChI is InChI=1S/C16H20N2O3S/c1-18(13-7-4-8-14(13)22(2,20)21)16(19)12-6-3-5-11-9-10-17-15(11)12/h3,5-6,9-10,13-14,17H,4,7-8H2,1-2H3/t13-,14-/m1/s1. The molecule has 0 saturated heterocycles. The van der Waals surface area contributed by atoms with E-state index in [2.05, 4.69) is 4.98 Å². The van der Waals surface area contributed by atoms with Crippen LogP contribution in [0.5, 0.6) is 0 Å². The Balaban J connectivity index is 1.93. The molecule has 1 N–H and O–H groups in total. The van der Waals surface area contributed by atoms with Crippen molar-refractivity contribution in [2.75, 3.05) is 13.3 Å². The van der Waals surface area contributed by atoms with E-state index in [-0.39, 0.29) is 11.9 Å². The zero-order valence-electron chi connectivity index (χ0n) is 12.7. The number of para-hydroxylation sites is 1. The Morgan fingerprint density at radius 2 is 2.05 bits per heavy atom. The van der Waals surface area contributed by atoms with Gasteiger partial charge in [-0.25, -0.2) is 8.42 Å². The van der Waals surface area contributed by atoms with Gasteiger partial charge in [0, 0.05) is 30.9 Å². The number of hydrogen-bond acceptors (Lipinski definition) is 3. The smallest absolute Gasteiger partial charge is 0.256 e. The first-order valence-corrected chi connectivity index (χ1v) is 9.37. The molecule has 1 aromatic carbocycles.